The van der Waals surface area contributed by atoms with Gasteiger partial charge in [-0.2, -0.15) is 6.07 Å². The number of ether oxygens (including phenoxy) is 1. The summed E-state index contributed by atoms with van der Waals surface area (Å²) in [6.07, 6.45) is 3.86. The topological polar surface area (TPSA) is 33.5 Å². The number of rotatable bonds is 6. The van der Waals surface area contributed by atoms with Gasteiger partial charge in [-0.1, -0.05) is 79.7 Å². The van der Waals surface area contributed by atoms with E-state index in [1.807, 2.05) is 54.5 Å². The maximum atomic E-state index is 6.44. The second-order valence-corrected chi connectivity index (χ2v) is 15.1. The number of para-hydroxylation sites is 2. The number of hydrogen-bond acceptors (Lipinski definition) is 5. The van der Waals surface area contributed by atoms with Gasteiger partial charge < -0.3 is 19.1 Å². The normalized spacial score (nSPS) is 13.9. The predicted molar refractivity (Wildman–Crippen MR) is 212 cm³/mol. The molecule has 0 fully saturated rings. The number of aromatic nitrogens is 2. The van der Waals surface area contributed by atoms with E-state index >= 15 is 0 Å². The molecule has 53 heavy (non-hydrogen) atoms. The zero-order chi connectivity index (χ0) is 35.6. The van der Waals surface area contributed by atoms with Crippen molar-refractivity contribution < 1.29 is 25.8 Å². The van der Waals surface area contributed by atoms with Gasteiger partial charge in [0.15, 0.2) is 0 Å². The van der Waals surface area contributed by atoms with Gasteiger partial charge in [0.05, 0.1) is 5.82 Å². The van der Waals surface area contributed by atoms with Crippen LogP contribution < -0.4 is 14.5 Å². The number of benzene rings is 6. The fourth-order valence-corrected chi connectivity index (χ4v) is 9.10. The molecule has 5 nitrogen and oxygen atoms in total. The summed E-state index contributed by atoms with van der Waals surface area (Å²) in [7, 11) is 0. The number of nitrogens with zero attached hydrogens (tertiary/aromatic N) is 4. The number of aryl methyl sites for hydroxylation is 3. The van der Waals surface area contributed by atoms with E-state index in [-0.39, 0.29) is 26.5 Å². The van der Waals surface area contributed by atoms with Crippen molar-refractivity contribution in [2.75, 3.05) is 9.80 Å². The molecule has 0 spiro atoms. The zero-order valence-electron chi connectivity index (χ0n) is 30.1. The summed E-state index contributed by atoms with van der Waals surface area (Å²) in [5, 5.41) is 0. The van der Waals surface area contributed by atoms with Crippen LogP contribution >= 0.6 is 11.8 Å². The van der Waals surface area contributed by atoms with E-state index in [0.717, 1.165) is 34.1 Å². The minimum absolute atomic E-state index is 0. The molecule has 1 aromatic heterocycles. The maximum absolute atomic E-state index is 6.44. The van der Waals surface area contributed by atoms with Crippen LogP contribution in [0.2, 0.25) is 0 Å². The first kappa shape index (κ1) is 35.0. The SMILES string of the molecule is Cc1cc(C)c(N2[CH-]N(c3[c-]c(Oc4[c-]c(-c5nccn5-c5ccc6c(c5)C(C)(C)c5ccccc5S6)ccc4)ccc3)c3ccccc32)c(C)c1.[Pt]. The van der Waals surface area contributed by atoms with Crippen LogP contribution in [0.5, 0.6) is 11.5 Å². The minimum atomic E-state index is -0.120. The van der Waals surface area contributed by atoms with E-state index < -0.39 is 0 Å². The van der Waals surface area contributed by atoms with Crippen LogP contribution in [-0.2, 0) is 26.5 Å². The molecule has 9 rings (SSSR count). The Kier molecular flexibility index (Phi) is 9.08. The second-order valence-electron chi connectivity index (χ2n) is 14.0. The zero-order valence-corrected chi connectivity index (χ0v) is 33.2. The Bertz CT molecular complexity index is 2480. The molecule has 0 atom stereocenters. The van der Waals surface area contributed by atoms with Crippen LogP contribution in [0.3, 0.4) is 0 Å². The molecule has 2 aliphatic rings. The van der Waals surface area contributed by atoms with Gasteiger partial charge in [-0.3, -0.25) is 4.98 Å². The van der Waals surface area contributed by atoms with Crippen molar-refractivity contribution in [2.45, 2.75) is 49.8 Å². The van der Waals surface area contributed by atoms with Crippen molar-refractivity contribution in [1.82, 2.24) is 9.55 Å². The predicted octanol–water partition coefficient (Wildman–Crippen LogP) is 12.1. The Morgan fingerprint density at radius 2 is 1.38 bits per heavy atom. The first-order valence-electron chi connectivity index (χ1n) is 17.5. The molecule has 266 valence electrons. The molecule has 7 aromatic rings. The van der Waals surface area contributed by atoms with Crippen LogP contribution in [0.4, 0.5) is 22.7 Å². The Hall–Kier alpha value is -5.03. The molecule has 0 radical (unpaired) electrons. The number of fused-ring (bicyclic) bond motifs is 3. The molecular weight excluding hydrogens is 852 g/mol. The molecule has 7 heteroatoms. The van der Waals surface area contributed by atoms with Gasteiger partial charge in [-0.05, 0) is 79.4 Å². The molecule has 0 saturated heterocycles. The number of anilines is 4. The van der Waals surface area contributed by atoms with Gasteiger partial charge in [-0.25, -0.2) is 0 Å². The quantitative estimate of drug-likeness (QED) is 0.155. The Balaban J connectivity index is 0.00000400. The molecule has 0 unspecified atom stereocenters. The van der Waals surface area contributed by atoms with Crippen molar-refractivity contribution >= 4 is 34.5 Å². The van der Waals surface area contributed by atoms with Crippen molar-refractivity contribution in [3.63, 3.8) is 0 Å². The summed E-state index contributed by atoms with van der Waals surface area (Å²) in [4.78, 5) is 11.8. The van der Waals surface area contributed by atoms with Gasteiger partial charge >= 0.3 is 0 Å². The molecule has 0 bridgehead atoms. The van der Waals surface area contributed by atoms with Crippen LogP contribution in [0, 0.1) is 39.6 Å². The van der Waals surface area contributed by atoms with Crippen LogP contribution in [0.15, 0.2) is 137 Å². The summed E-state index contributed by atoms with van der Waals surface area (Å²) < 4.78 is 8.58. The molecule has 0 amide bonds. The summed E-state index contributed by atoms with van der Waals surface area (Å²) in [6.45, 7) is 13.3. The van der Waals surface area contributed by atoms with E-state index in [1.165, 1.54) is 43.3 Å². The van der Waals surface area contributed by atoms with Crippen molar-refractivity contribution in [1.29, 1.82) is 0 Å². The summed E-state index contributed by atoms with van der Waals surface area (Å²) >= 11 is 1.84. The van der Waals surface area contributed by atoms with Crippen molar-refractivity contribution in [3.8, 4) is 28.6 Å². The molecule has 0 saturated carbocycles. The fourth-order valence-electron chi connectivity index (χ4n) is 7.72. The van der Waals surface area contributed by atoms with Crippen molar-refractivity contribution in [2.24, 2.45) is 0 Å². The summed E-state index contributed by atoms with van der Waals surface area (Å²) in [6, 6.07) is 47.4. The summed E-state index contributed by atoms with van der Waals surface area (Å²) in [5.41, 5.74) is 12.5. The van der Waals surface area contributed by atoms with E-state index in [2.05, 4.69) is 153 Å². The smallest absolute Gasteiger partial charge is 0.0603 e. The van der Waals surface area contributed by atoms with E-state index in [1.54, 1.807) is 0 Å². The third-order valence-electron chi connectivity index (χ3n) is 10.1. The maximum Gasteiger partial charge on any atom is 0.0603 e. The van der Waals surface area contributed by atoms with E-state index in [9.17, 15) is 0 Å². The van der Waals surface area contributed by atoms with Crippen molar-refractivity contribution in [3.05, 3.63) is 174 Å². The largest absolute Gasteiger partial charge is 0.503 e. The third kappa shape index (κ3) is 6.18. The van der Waals surface area contributed by atoms with Crippen LogP contribution in [0.1, 0.15) is 41.7 Å². The van der Waals surface area contributed by atoms with E-state index in [4.69, 9.17) is 9.72 Å². The summed E-state index contributed by atoms with van der Waals surface area (Å²) in [5.74, 6) is 2.00. The molecule has 2 aliphatic heterocycles. The average molecular weight is 889 g/mol. The standard InChI is InChI=1S/C46H37N4OS.Pt/c1-30-24-31(2)44(32(3)25-30)50-29-49(40-17-7-8-18-41(40)50)34-13-11-15-37(27-34)51-36-14-10-12-33(26-36)45-47-22-23-48(45)35-20-21-43-39(28-35)46(4,5)38-16-6-9-19-42(38)52-43;/h6-25,28-29H,1-5H3;/q-3;. The average Bonchev–Trinajstić information content (AvgIpc) is 3.78. The second kappa shape index (κ2) is 13.7. The first-order chi connectivity index (χ1) is 25.2. The van der Waals surface area contributed by atoms with Gasteiger partial charge in [0, 0.05) is 82.9 Å². The Morgan fingerprint density at radius 3 is 2.17 bits per heavy atom. The third-order valence-corrected chi connectivity index (χ3v) is 11.2. The molecule has 0 aliphatic carbocycles. The Morgan fingerprint density at radius 1 is 0.698 bits per heavy atom. The molecule has 0 N–H and O–H groups in total. The van der Waals surface area contributed by atoms with Gasteiger partial charge in [0.25, 0.3) is 0 Å². The van der Waals surface area contributed by atoms with Gasteiger partial charge in [-0.15, -0.1) is 54.3 Å². The monoisotopic (exact) mass is 888 g/mol. The number of hydrogen-bond donors (Lipinski definition) is 0. The van der Waals surface area contributed by atoms with Gasteiger partial charge in [0.2, 0.25) is 0 Å². The van der Waals surface area contributed by atoms with Crippen LogP contribution in [-0.4, -0.2) is 9.55 Å². The minimum Gasteiger partial charge on any atom is -0.503 e. The number of imidazole rings is 1. The Labute approximate surface area is 330 Å². The molecular formula is C46H37N4OPtS-3. The fraction of sp³-hybridized carbons (Fsp3) is 0.130. The van der Waals surface area contributed by atoms with E-state index in [0.29, 0.717) is 11.5 Å². The van der Waals surface area contributed by atoms with Gasteiger partial charge in [0.1, 0.15) is 0 Å². The van der Waals surface area contributed by atoms with Crippen LogP contribution in [0.25, 0.3) is 17.1 Å². The first-order valence-corrected chi connectivity index (χ1v) is 18.3. The molecule has 3 heterocycles. The molecule has 6 aromatic carbocycles.